The van der Waals surface area contributed by atoms with Gasteiger partial charge in [-0.2, -0.15) is 0 Å². The first kappa shape index (κ1) is 7.59. The molecule has 0 spiro atoms. The van der Waals surface area contributed by atoms with Gasteiger partial charge in [0.25, 0.3) is 0 Å². The van der Waals surface area contributed by atoms with Crippen LogP contribution < -0.4 is 0 Å². The second kappa shape index (κ2) is 2.22. The van der Waals surface area contributed by atoms with Crippen molar-refractivity contribution in [3.63, 3.8) is 0 Å². The third-order valence-corrected chi connectivity index (χ3v) is 2.99. The molecule has 2 rings (SSSR count). The van der Waals surface area contributed by atoms with Crippen LogP contribution in [0.4, 0.5) is 0 Å². The lowest BCUT2D eigenvalue weighted by Crippen LogP contribution is -1.99. The highest BCUT2D eigenvalue weighted by Gasteiger charge is 2.26. The van der Waals surface area contributed by atoms with E-state index in [2.05, 4.69) is 11.5 Å². The normalized spacial score (nSPS) is 15.4. The third-order valence-electron chi connectivity index (χ3n) is 2.99. The molecule has 0 bridgehead atoms. The number of fused-ring (bicyclic) bond motifs is 1. The van der Waals surface area contributed by atoms with Crippen molar-refractivity contribution in [3.05, 3.63) is 22.5 Å². The van der Waals surface area contributed by atoms with Crippen molar-refractivity contribution in [2.75, 3.05) is 0 Å². The molecule has 1 aromatic rings. The molecule has 0 saturated carbocycles. The minimum Gasteiger partial charge on any atom is -0.351 e. The van der Waals surface area contributed by atoms with Crippen LogP contribution in [0.25, 0.3) is 0 Å². The SMILES string of the molecule is Cc1c2c(c(C)n1C)C(=O)CC2. The number of rotatable bonds is 0. The molecule has 1 aliphatic carbocycles. The monoisotopic (exact) mass is 163 g/mol. The summed E-state index contributed by atoms with van der Waals surface area (Å²) >= 11 is 0. The largest absolute Gasteiger partial charge is 0.351 e. The minimum atomic E-state index is 0.325. The van der Waals surface area contributed by atoms with Crippen LogP contribution in [0.3, 0.4) is 0 Å². The van der Waals surface area contributed by atoms with Crippen molar-refractivity contribution < 1.29 is 4.79 Å². The van der Waals surface area contributed by atoms with Gasteiger partial charge in [-0.15, -0.1) is 0 Å². The Bertz CT molecular complexity index is 360. The fourth-order valence-electron chi connectivity index (χ4n) is 2.06. The Labute approximate surface area is 72.2 Å². The van der Waals surface area contributed by atoms with Gasteiger partial charge in [-0.3, -0.25) is 4.79 Å². The maximum Gasteiger partial charge on any atom is 0.165 e. The van der Waals surface area contributed by atoms with E-state index in [-0.39, 0.29) is 0 Å². The number of ketones is 1. The Kier molecular flexibility index (Phi) is 1.40. The number of hydrogen-bond donors (Lipinski definition) is 0. The zero-order chi connectivity index (χ0) is 8.88. The first-order valence-corrected chi connectivity index (χ1v) is 4.31. The molecule has 0 radical (unpaired) electrons. The van der Waals surface area contributed by atoms with Crippen LogP contribution in [0.15, 0.2) is 0 Å². The quantitative estimate of drug-likeness (QED) is 0.571. The maximum absolute atomic E-state index is 11.4. The van der Waals surface area contributed by atoms with E-state index in [0.717, 1.165) is 17.7 Å². The van der Waals surface area contributed by atoms with Gasteiger partial charge in [0.1, 0.15) is 0 Å². The van der Waals surface area contributed by atoms with Crippen molar-refractivity contribution in [3.8, 4) is 0 Å². The van der Waals surface area contributed by atoms with Crippen LogP contribution in [0, 0.1) is 13.8 Å². The summed E-state index contributed by atoms with van der Waals surface area (Å²) in [5.41, 5.74) is 4.66. The summed E-state index contributed by atoms with van der Waals surface area (Å²) < 4.78 is 2.11. The first-order valence-electron chi connectivity index (χ1n) is 4.31. The van der Waals surface area contributed by atoms with Crippen molar-refractivity contribution >= 4 is 5.78 Å². The summed E-state index contributed by atoms with van der Waals surface area (Å²) in [6.07, 6.45) is 1.66. The van der Waals surface area contributed by atoms with Crippen molar-refractivity contribution in [2.45, 2.75) is 26.7 Å². The maximum atomic E-state index is 11.4. The Morgan fingerprint density at radius 1 is 1.17 bits per heavy atom. The molecule has 0 aromatic carbocycles. The van der Waals surface area contributed by atoms with E-state index in [1.807, 2.05) is 14.0 Å². The summed E-state index contributed by atoms with van der Waals surface area (Å²) in [5, 5.41) is 0. The van der Waals surface area contributed by atoms with Gasteiger partial charge in [-0.05, 0) is 25.8 Å². The summed E-state index contributed by atoms with van der Waals surface area (Å²) in [6, 6.07) is 0. The van der Waals surface area contributed by atoms with Gasteiger partial charge >= 0.3 is 0 Å². The van der Waals surface area contributed by atoms with Gasteiger partial charge in [0.05, 0.1) is 0 Å². The molecular formula is C10H13NO. The molecule has 0 fully saturated rings. The molecule has 12 heavy (non-hydrogen) atoms. The Hall–Kier alpha value is -1.05. The molecule has 1 heterocycles. The number of hydrogen-bond acceptors (Lipinski definition) is 1. The van der Waals surface area contributed by atoms with Crippen molar-refractivity contribution in [2.24, 2.45) is 7.05 Å². The third kappa shape index (κ3) is 0.724. The van der Waals surface area contributed by atoms with E-state index >= 15 is 0 Å². The van der Waals surface area contributed by atoms with E-state index in [0.29, 0.717) is 12.2 Å². The Balaban J connectivity index is 2.75. The Morgan fingerprint density at radius 3 is 2.42 bits per heavy atom. The van der Waals surface area contributed by atoms with E-state index in [4.69, 9.17) is 0 Å². The lowest BCUT2D eigenvalue weighted by molar-refractivity contribution is 0.0993. The van der Waals surface area contributed by atoms with Gasteiger partial charge in [0, 0.05) is 30.4 Å². The van der Waals surface area contributed by atoms with Crippen LogP contribution in [-0.2, 0) is 13.5 Å². The summed E-state index contributed by atoms with van der Waals surface area (Å²) in [6.45, 7) is 4.11. The standard InChI is InChI=1S/C10H13NO/c1-6-8-4-5-9(12)10(8)7(2)11(6)3/h4-5H2,1-3H3. The zero-order valence-corrected chi connectivity index (χ0v) is 7.77. The fourth-order valence-corrected chi connectivity index (χ4v) is 2.06. The summed E-state index contributed by atoms with van der Waals surface area (Å²) in [4.78, 5) is 11.4. The Morgan fingerprint density at radius 2 is 1.83 bits per heavy atom. The van der Waals surface area contributed by atoms with E-state index in [1.54, 1.807) is 0 Å². The average Bonchev–Trinajstić information content (AvgIpc) is 2.51. The van der Waals surface area contributed by atoms with Gasteiger partial charge in [-0.1, -0.05) is 0 Å². The van der Waals surface area contributed by atoms with E-state index in [9.17, 15) is 4.79 Å². The fraction of sp³-hybridized carbons (Fsp3) is 0.500. The van der Waals surface area contributed by atoms with E-state index < -0.39 is 0 Å². The number of nitrogens with zero attached hydrogens (tertiary/aromatic N) is 1. The van der Waals surface area contributed by atoms with Crippen LogP contribution in [0.2, 0.25) is 0 Å². The molecule has 0 atom stereocenters. The molecule has 0 saturated heterocycles. The molecule has 0 unspecified atom stereocenters. The van der Waals surface area contributed by atoms with Crippen molar-refractivity contribution in [1.29, 1.82) is 0 Å². The molecule has 2 heteroatoms. The highest BCUT2D eigenvalue weighted by Crippen LogP contribution is 2.29. The highest BCUT2D eigenvalue weighted by atomic mass is 16.1. The van der Waals surface area contributed by atoms with Gasteiger partial charge in [-0.25, -0.2) is 0 Å². The molecular weight excluding hydrogens is 150 g/mol. The predicted octanol–water partition coefficient (Wildman–Crippen LogP) is 1.77. The zero-order valence-electron chi connectivity index (χ0n) is 7.77. The van der Waals surface area contributed by atoms with Gasteiger partial charge in [0.15, 0.2) is 5.78 Å². The first-order chi connectivity index (χ1) is 5.63. The summed E-state index contributed by atoms with van der Waals surface area (Å²) in [7, 11) is 2.02. The van der Waals surface area contributed by atoms with Crippen LogP contribution in [-0.4, -0.2) is 10.4 Å². The molecule has 0 aliphatic heterocycles. The van der Waals surface area contributed by atoms with Crippen molar-refractivity contribution in [1.82, 2.24) is 4.57 Å². The van der Waals surface area contributed by atoms with Crippen LogP contribution in [0.1, 0.15) is 33.7 Å². The van der Waals surface area contributed by atoms with E-state index in [1.165, 1.54) is 11.3 Å². The average molecular weight is 163 g/mol. The second-order valence-corrected chi connectivity index (χ2v) is 3.51. The molecule has 2 nitrogen and oxygen atoms in total. The number of Topliss-reactive ketones (excluding diaryl/α,β-unsaturated/α-hetero) is 1. The van der Waals surface area contributed by atoms with Gasteiger partial charge in [0.2, 0.25) is 0 Å². The number of aromatic nitrogens is 1. The molecule has 0 N–H and O–H groups in total. The lowest BCUT2D eigenvalue weighted by Gasteiger charge is -2.01. The minimum absolute atomic E-state index is 0.325. The highest BCUT2D eigenvalue weighted by molar-refractivity contribution is 6.02. The number of carbonyl (C=O) groups excluding carboxylic acids is 1. The van der Waals surface area contributed by atoms with Crippen LogP contribution >= 0.6 is 0 Å². The lowest BCUT2D eigenvalue weighted by atomic mass is 10.1. The van der Waals surface area contributed by atoms with Crippen LogP contribution in [0.5, 0.6) is 0 Å². The molecule has 64 valence electrons. The summed E-state index contributed by atoms with van der Waals surface area (Å²) in [5.74, 6) is 0.325. The predicted molar refractivity (Wildman–Crippen MR) is 47.5 cm³/mol. The molecule has 0 amide bonds. The topological polar surface area (TPSA) is 22.0 Å². The smallest absolute Gasteiger partial charge is 0.165 e. The number of carbonyl (C=O) groups is 1. The molecule has 1 aromatic heterocycles. The molecule has 1 aliphatic rings. The second-order valence-electron chi connectivity index (χ2n) is 3.51. The van der Waals surface area contributed by atoms with Gasteiger partial charge < -0.3 is 4.57 Å².